The summed E-state index contributed by atoms with van der Waals surface area (Å²) in [7, 11) is 0. The zero-order valence-corrected chi connectivity index (χ0v) is 6.84. The van der Waals surface area contributed by atoms with Gasteiger partial charge in [-0.2, -0.15) is 0 Å². The third-order valence-corrected chi connectivity index (χ3v) is 2.01. The van der Waals surface area contributed by atoms with E-state index in [-0.39, 0.29) is 18.4 Å². The molecule has 0 aliphatic heterocycles. The molecule has 0 saturated heterocycles. The van der Waals surface area contributed by atoms with Gasteiger partial charge in [-0.25, -0.2) is 0 Å². The van der Waals surface area contributed by atoms with E-state index in [1.54, 1.807) is 0 Å². The molecule has 0 radical (unpaired) electrons. The van der Waals surface area contributed by atoms with Crippen LogP contribution in [0.2, 0.25) is 0 Å². The molecule has 64 valence electrons. The van der Waals surface area contributed by atoms with Crippen molar-refractivity contribution in [1.82, 2.24) is 5.32 Å². The fourth-order valence-corrected chi connectivity index (χ4v) is 0.944. The van der Waals surface area contributed by atoms with Crippen molar-refractivity contribution >= 4 is 5.91 Å². The van der Waals surface area contributed by atoms with E-state index in [0.29, 0.717) is 6.04 Å². The molecule has 1 unspecified atom stereocenters. The number of aliphatic hydroxyl groups is 1. The monoisotopic (exact) mass is 157 g/mol. The van der Waals surface area contributed by atoms with Gasteiger partial charge in [-0.1, -0.05) is 6.92 Å². The van der Waals surface area contributed by atoms with Gasteiger partial charge in [0.1, 0.15) is 0 Å². The summed E-state index contributed by atoms with van der Waals surface area (Å²) in [6.45, 7) is 1.88. The van der Waals surface area contributed by atoms with E-state index in [0.717, 1.165) is 19.3 Å². The van der Waals surface area contributed by atoms with E-state index in [4.69, 9.17) is 5.11 Å². The summed E-state index contributed by atoms with van der Waals surface area (Å²) < 4.78 is 0. The molecule has 1 rings (SSSR count). The molecule has 0 aromatic carbocycles. The van der Waals surface area contributed by atoms with Gasteiger partial charge < -0.3 is 10.4 Å². The summed E-state index contributed by atoms with van der Waals surface area (Å²) >= 11 is 0. The first-order valence-corrected chi connectivity index (χ1v) is 4.19. The second-order valence-electron chi connectivity index (χ2n) is 3.07. The second kappa shape index (κ2) is 3.72. The van der Waals surface area contributed by atoms with Crippen molar-refractivity contribution in [2.24, 2.45) is 5.92 Å². The average molecular weight is 157 g/mol. The molecule has 1 saturated carbocycles. The number of aliphatic hydroxyl groups excluding tert-OH is 1. The number of carbonyl (C=O) groups is 1. The van der Waals surface area contributed by atoms with Crippen molar-refractivity contribution in [2.75, 3.05) is 6.61 Å². The summed E-state index contributed by atoms with van der Waals surface area (Å²) in [4.78, 5) is 11.2. The van der Waals surface area contributed by atoms with Crippen LogP contribution in [0, 0.1) is 5.92 Å². The molecule has 11 heavy (non-hydrogen) atoms. The zero-order valence-electron chi connectivity index (χ0n) is 6.84. The minimum absolute atomic E-state index is 0.0116. The van der Waals surface area contributed by atoms with Gasteiger partial charge in [0.2, 0.25) is 5.91 Å². The van der Waals surface area contributed by atoms with Crippen LogP contribution < -0.4 is 5.32 Å². The molecular weight excluding hydrogens is 142 g/mol. The van der Waals surface area contributed by atoms with E-state index in [2.05, 4.69) is 5.32 Å². The van der Waals surface area contributed by atoms with Gasteiger partial charge in [0, 0.05) is 6.04 Å². The fraction of sp³-hybridized carbons (Fsp3) is 0.875. The maximum Gasteiger partial charge on any atom is 0.225 e. The first kappa shape index (κ1) is 8.53. The topological polar surface area (TPSA) is 49.3 Å². The van der Waals surface area contributed by atoms with Crippen molar-refractivity contribution < 1.29 is 9.90 Å². The molecule has 1 fully saturated rings. The molecule has 0 aromatic rings. The first-order chi connectivity index (χ1) is 5.27. The Morgan fingerprint density at radius 2 is 2.36 bits per heavy atom. The van der Waals surface area contributed by atoms with E-state index in [1.807, 2.05) is 6.92 Å². The average Bonchev–Trinajstić information content (AvgIpc) is 2.74. The van der Waals surface area contributed by atoms with Gasteiger partial charge in [-0.05, 0) is 19.3 Å². The van der Waals surface area contributed by atoms with Crippen molar-refractivity contribution in [1.29, 1.82) is 0 Å². The predicted octanol–water partition coefficient (Wildman–Crippen LogP) is 0.283. The van der Waals surface area contributed by atoms with Crippen LogP contribution >= 0.6 is 0 Å². The van der Waals surface area contributed by atoms with Crippen molar-refractivity contribution in [2.45, 2.75) is 32.2 Å². The molecule has 2 N–H and O–H groups in total. The predicted molar refractivity (Wildman–Crippen MR) is 42.0 cm³/mol. The maximum absolute atomic E-state index is 11.2. The lowest BCUT2D eigenvalue weighted by Crippen LogP contribution is -2.33. The molecule has 1 aliphatic rings. The third kappa shape index (κ3) is 2.50. The largest absolute Gasteiger partial charge is 0.396 e. The highest BCUT2D eigenvalue weighted by Gasteiger charge is 2.26. The summed E-state index contributed by atoms with van der Waals surface area (Å²) in [5.74, 6) is -0.187. The molecule has 0 heterocycles. The molecular formula is C8H15NO2. The molecule has 1 aliphatic carbocycles. The van der Waals surface area contributed by atoms with Crippen LogP contribution in [0.1, 0.15) is 26.2 Å². The Hall–Kier alpha value is -0.570. The van der Waals surface area contributed by atoms with Crippen molar-refractivity contribution in [3.8, 4) is 0 Å². The number of amides is 1. The van der Waals surface area contributed by atoms with E-state index in [1.165, 1.54) is 0 Å². The standard InChI is InChI=1S/C8H15NO2/c1-2-6(5-10)8(11)9-7-3-4-7/h6-7,10H,2-5H2,1H3,(H,9,11). The minimum Gasteiger partial charge on any atom is -0.396 e. The Bertz CT molecular complexity index is 139. The minimum atomic E-state index is -0.199. The summed E-state index contributed by atoms with van der Waals surface area (Å²) in [5.41, 5.74) is 0. The Morgan fingerprint density at radius 3 is 2.73 bits per heavy atom. The summed E-state index contributed by atoms with van der Waals surface area (Å²) in [6.07, 6.45) is 2.93. The number of carbonyl (C=O) groups excluding carboxylic acids is 1. The Labute approximate surface area is 66.8 Å². The van der Waals surface area contributed by atoms with Gasteiger partial charge in [0.25, 0.3) is 0 Å². The lowest BCUT2D eigenvalue weighted by molar-refractivity contribution is -0.126. The van der Waals surface area contributed by atoms with E-state index in [9.17, 15) is 4.79 Å². The highest BCUT2D eigenvalue weighted by atomic mass is 16.3. The highest BCUT2D eigenvalue weighted by molar-refractivity contribution is 5.79. The van der Waals surface area contributed by atoms with Gasteiger partial charge in [-0.15, -0.1) is 0 Å². The van der Waals surface area contributed by atoms with Gasteiger partial charge in [0.05, 0.1) is 12.5 Å². The second-order valence-corrected chi connectivity index (χ2v) is 3.07. The number of nitrogens with one attached hydrogen (secondary N) is 1. The van der Waals surface area contributed by atoms with Crippen LogP contribution in [-0.2, 0) is 4.79 Å². The van der Waals surface area contributed by atoms with Crippen LogP contribution in [0.4, 0.5) is 0 Å². The van der Waals surface area contributed by atoms with Crippen molar-refractivity contribution in [3.05, 3.63) is 0 Å². The molecule has 0 bridgehead atoms. The summed E-state index contributed by atoms with van der Waals surface area (Å²) in [6, 6.07) is 0.406. The zero-order chi connectivity index (χ0) is 8.27. The van der Waals surface area contributed by atoms with E-state index < -0.39 is 0 Å². The SMILES string of the molecule is CCC(CO)C(=O)NC1CC1. The molecule has 1 atom stereocenters. The summed E-state index contributed by atoms with van der Waals surface area (Å²) in [5, 5.41) is 11.6. The van der Waals surface area contributed by atoms with E-state index >= 15 is 0 Å². The van der Waals surface area contributed by atoms with Crippen LogP contribution in [0.5, 0.6) is 0 Å². The van der Waals surface area contributed by atoms with Crippen LogP contribution in [0.3, 0.4) is 0 Å². The lowest BCUT2D eigenvalue weighted by Gasteiger charge is -2.10. The molecule has 0 aromatic heterocycles. The number of hydrogen-bond acceptors (Lipinski definition) is 2. The first-order valence-electron chi connectivity index (χ1n) is 4.19. The Balaban J connectivity index is 2.24. The molecule has 0 spiro atoms. The quantitative estimate of drug-likeness (QED) is 0.616. The Kier molecular flexibility index (Phi) is 2.88. The molecule has 3 heteroatoms. The maximum atomic E-state index is 11.2. The third-order valence-electron chi connectivity index (χ3n) is 2.01. The van der Waals surface area contributed by atoms with Crippen LogP contribution in [0.25, 0.3) is 0 Å². The number of hydrogen-bond donors (Lipinski definition) is 2. The lowest BCUT2D eigenvalue weighted by atomic mass is 10.1. The normalized spacial score (nSPS) is 19.5. The molecule has 1 amide bonds. The van der Waals surface area contributed by atoms with Crippen LogP contribution in [-0.4, -0.2) is 23.7 Å². The fourth-order valence-electron chi connectivity index (χ4n) is 0.944. The van der Waals surface area contributed by atoms with Gasteiger partial charge in [-0.3, -0.25) is 4.79 Å². The number of rotatable bonds is 4. The smallest absolute Gasteiger partial charge is 0.225 e. The highest BCUT2D eigenvalue weighted by Crippen LogP contribution is 2.19. The van der Waals surface area contributed by atoms with Gasteiger partial charge in [0.15, 0.2) is 0 Å². The van der Waals surface area contributed by atoms with Gasteiger partial charge >= 0.3 is 0 Å². The Morgan fingerprint density at radius 1 is 1.73 bits per heavy atom. The molecule has 3 nitrogen and oxygen atoms in total. The van der Waals surface area contributed by atoms with Crippen LogP contribution in [0.15, 0.2) is 0 Å². The van der Waals surface area contributed by atoms with Crippen molar-refractivity contribution in [3.63, 3.8) is 0 Å².